The van der Waals surface area contributed by atoms with E-state index in [1.54, 1.807) is 16.7 Å². The minimum Gasteiger partial charge on any atom is -0.334 e. The molecule has 124 valence electrons. The zero-order valence-corrected chi connectivity index (χ0v) is 14.4. The highest BCUT2D eigenvalue weighted by atomic mass is 32.2. The Morgan fingerprint density at radius 3 is 2.17 bits per heavy atom. The lowest BCUT2D eigenvalue weighted by atomic mass is 10.2. The predicted molar refractivity (Wildman–Crippen MR) is 94.7 cm³/mol. The van der Waals surface area contributed by atoms with Crippen LogP contribution in [-0.2, 0) is 9.84 Å². The zero-order valence-electron chi connectivity index (χ0n) is 12.8. The van der Waals surface area contributed by atoms with E-state index in [1.165, 1.54) is 0 Å². The number of nitrogens with one attached hydrogen (secondary N) is 1. The molecule has 1 N–H and O–H groups in total. The molecule has 1 fully saturated rings. The van der Waals surface area contributed by atoms with Gasteiger partial charge in [-0.25, -0.2) is 13.2 Å². The fourth-order valence-electron chi connectivity index (χ4n) is 3.07. The first kappa shape index (κ1) is 15.5. The van der Waals surface area contributed by atoms with Crippen molar-refractivity contribution in [2.24, 2.45) is 0 Å². The lowest BCUT2D eigenvalue weighted by molar-refractivity contribution is 0.245. The monoisotopic (exact) mass is 360 g/mol. The third kappa shape index (κ3) is 2.78. The maximum atomic E-state index is 12.9. The third-order valence-electron chi connectivity index (χ3n) is 4.20. The van der Waals surface area contributed by atoms with Crippen LogP contribution in [0.2, 0.25) is 0 Å². The van der Waals surface area contributed by atoms with Gasteiger partial charge in [0.1, 0.15) is 0 Å². The molecule has 2 heterocycles. The second-order valence-corrected chi connectivity index (χ2v) is 9.23. The molecule has 0 aliphatic carbocycles. The molecule has 5 nitrogen and oxygen atoms in total. The van der Waals surface area contributed by atoms with Crippen LogP contribution in [0.25, 0.3) is 0 Å². The van der Waals surface area contributed by atoms with E-state index in [0.29, 0.717) is 6.42 Å². The summed E-state index contributed by atoms with van der Waals surface area (Å²) in [5.41, 5.74) is 1.64. The second-order valence-electron chi connectivity index (χ2n) is 5.92. The molecule has 7 heteroatoms. The number of fused-ring (bicyclic) bond motifs is 2. The Morgan fingerprint density at radius 1 is 1.04 bits per heavy atom. The quantitative estimate of drug-likeness (QED) is 0.848. The van der Waals surface area contributed by atoms with Crippen molar-refractivity contribution < 1.29 is 13.2 Å². The van der Waals surface area contributed by atoms with Crippen molar-refractivity contribution in [3.05, 3.63) is 48.5 Å². The van der Waals surface area contributed by atoms with E-state index in [2.05, 4.69) is 5.32 Å². The normalized spacial score (nSPS) is 21.0. The maximum absolute atomic E-state index is 12.9. The van der Waals surface area contributed by atoms with Gasteiger partial charge >= 0.3 is 6.03 Å². The molecule has 2 aliphatic rings. The molecule has 1 saturated heterocycles. The van der Waals surface area contributed by atoms with Crippen molar-refractivity contribution in [1.29, 1.82) is 0 Å². The van der Waals surface area contributed by atoms with Crippen LogP contribution in [0.4, 0.5) is 16.2 Å². The van der Waals surface area contributed by atoms with E-state index in [1.807, 2.05) is 48.5 Å². The topological polar surface area (TPSA) is 66.5 Å². The van der Waals surface area contributed by atoms with Crippen LogP contribution < -0.4 is 10.2 Å². The maximum Gasteiger partial charge on any atom is 0.326 e. The molecule has 2 aliphatic heterocycles. The van der Waals surface area contributed by atoms with Gasteiger partial charge in [-0.2, -0.15) is 0 Å². The van der Waals surface area contributed by atoms with Crippen molar-refractivity contribution >= 4 is 39.0 Å². The first-order valence-electron chi connectivity index (χ1n) is 7.70. The number of sulfone groups is 1. The first-order valence-corrected chi connectivity index (χ1v) is 10.3. The van der Waals surface area contributed by atoms with Gasteiger partial charge in [0.25, 0.3) is 0 Å². The summed E-state index contributed by atoms with van der Waals surface area (Å²) < 4.78 is 23.3. The van der Waals surface area contributed by atoms with Crippen molar-refractivity contribution in [3.8, 4) is 0 Å². The highest BCUT2D eigenvalue weighted by molar-refractivity contribution is 7.99. The number of hydrogen-bond acceptors (Lipinski definition) is 4. The van der Waals surface area contributed by atoms with Gasteiger partial charge in [0.15, 0.2) is 9.84 Å². The van der Waals surface area contributed by atoms with E-state index in [0.717, 1.165) is 21.2 Å². The van der Waals surface area contributed by atoms with Crippen LogP contribution in [0.1, 0.15) is 6.42 Å². The smallest absolute Gasteiger partial charge is 0.326 e. The molecule has 0 aromatic heterocycles. The minimum absolute atomic E-state index is 0.0185. The van der Waals surface area contributed by atoms with Gasteiger partial charge in [-0.1, -0.05) is 36.0 Å². The number of urea groups is 1. The van der Waals surface area contributed by atoms with E-state index >= 15 is 0 Å². The minimum atomic E-state index is -3.03. The van der Waals surface area contributed by atoms with Crippen LogP contribution in [0, 0.1) is 0 Å². The summed E-state index contributed by atoms with van der Waals surface area (Å²) in [6.45, 7) is 0. The van der Waals surface area contributed by atoms with E-state index in [-0.39, 0.29) is 23.6 Å². The molecular formula is C17H16N2O3S2. The lowest BCUT2D eigenvalue weighted by Gasteiger charge is -2.31. The largest absolute Gasteiger partial charge is 0.334 e. The number of carbonyl (C=O) groups is 1. The van der Waals surface area contributed by atoms with Crippen LogP contribution in [-0.4, -0.2) is 32.0 Å². The second kappa shape index (κ2) is 5.82. The Labute approximate surface area is 145 Å². The summed E-state index contributed by atoms with van der Waals surface area (Å²) in [6.07, 6.45) is 0.472. The van der Waals surface area contributed by atoms with Crippen LogP contribution in [0.5, 0.6) is 0 Å². The summed E-state index contributed by atoms with van der Waals surface area (Å²) in [4.78, 5) is 16.6. The van der Waals surface area contributed by atoms with Crippen molar-refractivity contribution in [2.75, 3.05) is 16.4 Å². The molecule has 0 saturated carbocycles. The third-order valence-corrected chi connectivity index (χ3v) is 7.09. The van der Waals surface area contributed by atoms with Gasteiger partial charge in [-0.05, 0) is 30.7 Å². The summed E-state index contributed by atoms with van der Waals surface area (Å²) in [7, 11) is -3.03. The molecular weight excluding hydrogens is 344 g/mol. The van der Waals surface area contributed by atoms with E-state index in [4.69, 9.17) is 0 Å². The summed E-state index contributed by atoms with van der Waals surface area (Å²) >= 11 is 1.63. The number of nitrogens with zero attached hydrogens (tertiary/aromatic N) is 1. The van der Waals surface area contributed by atoms with Gasteiger partial charge in [-0.15, -0.1) is 0 Å². The summed E-state index contributed by atoms with van der Waals surface area (Å²) in [5, 5.41) is 2.88. The number of benzene rings is 2. The predicted octanol–water partition coefficient (Wildman–Crippen LogP) is 3.19. The number of anilines is 2. The number of amides is 2. The Kier molecular flexibility index (Phi) is 3.77. The van der Waals surface area contributed by atoms with Gasteiger partial charge in [0.2, 0.25) is 0 Å². The molecule has 0 bridgehead atoms. The standard InChI is InChI=1S/C17H16N2O3S2/c20-17(18-12-9-10-24(21,22)11-12)19-13-5-1-3-7-15(13)23-16-8-4-2-6-14(16)19/h1-8,12H,9-11H2,(H,18,20). The molecule has 24 heavy (non-hydrogen) atoms. The molecule has 0 spiro atoms. The fraction of sp³-hybridized carbons (Fsp3) is 0.235. The van der Waals surface area contributed by atoms with Crippen molar-refractivity contribution in [3.63, 3.8) is 0 Å². The summed E-state index contributed by atoms with van der Waals surface area (Å²) in [5.74, 6) is 0.158. The highest BCUT2D eigenvalue weighted by Crippen LogP contribution is 2.47. The average molecular weight is 360 g/mol. The average Bonchev–Trinajstić information content (AvgIpc) is 2.91. The summed E-state index contributed by atoms with van der Waals surface area (Å²) in [6, 6.07) is 14.9. The number of hydrogen-bond donors (Lipinski definition) is 1. The number of rotatable bonds is 1. The van der Waals surface area contributed by atoms with E-state index < -0.39 is 9.84 Å². The first-order chi connectivity index (χ1) is 11.5. The molecule has 2 aromatic rings. The molecule has 1 unspecified atom stereocenters. The SMILES string of the molecule is O=C(NC1CCS(=O)(=O)C1)N1c2ccccc2Sc2ccccc21. The molecule has 2 aromatic carbocycles. The van der Waals surface area contributed by atoms with Gasteiger partial charge in [0, 0.05) is 15.8 Å². The van der Waals surface area contributed by atoms with Gasteiger partial charge in [-0.3, -0.25) is 4.90 Å². The number of carbonyl (C=O) groups excluding carboxylic acids is 1. The molecule has 0 radical (unpaired) electrons. The van der Waals surface area contributed by atoms with Crippen LogP contribution in [0.15, 0.2) is 58.3 Å². The van der Waals surface area contributed by atoms with Crippen LogP contribution in [0.3, 0.4) is 0 Å². The fourth-order valence-corrected chi connectivity index (χ4v) is 5.80. The Bertz CT molecular complexity index is 866. The Morgan fingerprint density at radius 2 is 1.62 bits per heavy atom. The Balaban J connectivity index is 1.68. The molecule has 1 atom stereocenters. The van der Waals surface area contributed by atoms with Gasteiger partial charge in [0.05, 0.1) is 22.9 Å². The van der Waals surface area contributed by atoms with Crippen molar-refractivity contribution in [1.82, 2.24) is 5.32 Å². The zero-order chi connectivity index (χ0) is 16.7. The Hall–Kier alpha value is -1.99. The van der Waals surface area contributed by atoms with Gasteiger partial charge < -0.3 is 5.32 Å². The molecule has 4 rings (SSSR count). The highest BCUT2D eigenvalue weighted by Gasteiger charge is 2.33. The van der Waals surface area contributed by atoms with E-state index in [9.17, 15) is 13.2 Å². The lowest BCUT2D eigenvalue weighted by Crippen LogP contribution is -2.44. The molecule has 2 amide bonds. The number of para-hydroxylation sites is 2. The van der Waals surface area contributed by atoms with Crippen LogP contribution >= 0.6 is 11.8 Å². The van der Waals surface area contributed by atoms with Crippen molar-refractivity contribution in [2.45, 2.75) is 22.3 Å².